The van der Waals surface area contributed by atoms with Gasteiger partial charge in [0.1, 0.15) is 29.7 Å². The molecule has 1 atom stereocenters. The summed E-state index contributed by atoms with van der Waals surface area (Å²) in [5, 5.41) is 13.6. The zero-order valence-electron chi connectivity index (χ0n) is 36.2. The number of nitrogens with one attached hydrogen (secondary N) is 4. The minimum Gasteiger partial charge on any atom is -0.494 e. The molecule has 0 spiro atoms. The molecule has 1 unspecified atom stereocenters. The van der Waals surface area contributed by atoms with Gasteiger partial charge in [-0.05, 0) is 82.3 Å². The quantitative estimate of drug-likeness (QED) is 0.0465. The number of methoxy groups -OCH3 is 1. The zero-order chi connectivity index (χ0) is 44.1. The van der Waals surface area contributed by atoms with Crippen LogP contribution in [0, 0.1) is 0 Å². The molecule has 17 heteroatoms. The largest absolute Gasteiger partial charge is 0.494 e. The number of anilines is 6. The highest BCUT2D eigenvalue weighted by Crippen LogP contribution is 2.40. The van der Waals surface area contributed by atoms with Crippen LogP contribution in [0.25, 0.3) is 5.70 Å². The number of amides is 2. The lowest BCUT2D eigenvalue weighted by Crippen LogP contribution is -2.53. The number of hydrogen-bond acceptors (Lipinski definition) is 14. The highest BCUT2D eigenvalue weighted by molar-refractivity contribution is 7.70. The molecule has 8 rings (SSSR count). The number of carbonyl (C=O) groups excluding carboxylic acids is 3. The summed E-state index contributed by atoms with van der Waals surface area (Å²) in [6, 6.07) is 19.5. The van der Waals surface area contributed by atoms with Gasteiger partial charge in [-0.2, -0.15) is 4.98 Å². The van der Waals surface area contributed by atoms with Crippen LogP contribution in [-0.2, 0) is 25.5 Å². The van der Waals surface area contributed by atoms with Crippen LogP contribution in [0.15, 0.2) is 66.9 Å². The Hall–Kier alpha value is -5.43. The first kappa shape index (κ1) is 44.2. The third kappa shape index (κ3) is 10.2. The second-order valence-electron chi connectivity index (χ2n) is 17.0. The zero-order valence-corrected chi connectivity index (χ0v) is 37.8. The van der Waals surface area contributed by atoms with Crippen molar-refractivity contribution in [2.75, 3.05) is 93.6 Å². The van der Waals surface area contributed by atoms with Gasteiger partial charge in [-0.25, -0.2) is 9.78 Å². The van der Waals surface area contributed by atoms with Gasteiger partial charge in [-0.15, -0.1) is 0 Å². The fourth-order valence-electron chi connectivity index (χ4n) is 9.22. The predicted molar refractivity (Wildman–Crippen MR) is 250 cm³/mol. The van der Waals surface area contributed by atoms with E-state index in [4.69, 9.17) is 16.3 Å². The first-order valence-electron chi connectivity index (χ1n) is 21.8. The lowest BCUT2D eigenvalue weighted by molar-refractivity contribution is -0.136. The maximum absolute atomic E-state index is 12.9. The molecule has 0 bridgehead atoms. The number of benzene rings is 3. The van der Waals surface area contributed by atoms with Crippen LogP contribution in [0.2, 0.25) is 5.02 Å². The SMILES string of the molecule is COc1cc(N2CCC(N3CCN(CCCCNc4cccc5c4CN(C4CCC(=O)NC4=O)C5=C=O)CC3)CC2)ccc1Nc1ncc(Cl)c(Nc2ccccc2P(C)(C)=O)n1. The van der Waals surface area contributed by atoms with Crippen LogP contribution < -0.4 is 36.2 Å². The molecule has 0 radical (unpaired) electrons. The summed E-state index contributed by atoms with van der Waals surface area (Å²) in [4.78, 5) is 54.9. The number of ether oxygens (including phenoxy) is 1. The van der Waals surface area contributed by atoms with Gasteiger partial charge in [-0.3, -0.25) is 19.8 Å². The lowest BCUT2D eigenvalue weighted by Gasteiger charge is -2.43. The molecule has 3 saturated heterocycles. The van der Waals surface area contributed by atoms with Crippen LogP contribution in [0.1, 0.15) is 49.7 Å². The Kier molecular flexibility index (Phi) is 13.7. The molecule has 15 nitrogen and oxygen atoms in total. The molecule has 4 aliphatic rings. The Morgan fingerprint density at radius 2 is 1.70 bits per heavy atom. The molecule has 63 heavy (non-hydrogen) atoms. The lowest BCUT2D eigenvalue weighted by atomic mass is 10.0. The van der Waals surface area contributed by atoms with Crippen LogP contribution in [-0.4, -0.2) is 127 Å². The molecule has 0 saturated carbocycles. The van der Waals surface area contributed by atoms with Crippen molar-refractivity contribution in [1.82, 2.24) is 30.0 Å². The molecular weight excluding hydrogens is 839 g/mol. The third-order valence-electron chi connectivity index (χ3n) is 12.6. The van der Waals surface area contributed by atoms with Gasteiger partial charge in [0.05, 0.1) is 24.7 Å². The number of hydrogen-bond donors (Lipinski definition) is 4. The second kappa shape index (κ2) is 19.5. The van der Waals surface area contributed by atoms with Gasteiger partial charge in [0, 0.05) is 98.7 Å². The maximum Gasteiger partial charge on any atom is 0.249 e. The Bertz CT molecular complexity index is 2430. The van der Waals surface area contributed by atoms with Crippen molar-refractivity contribution >= 4 is 82.0 Å². The van der Waals surface area contributed by atoms with Gasteiger partial charge in [0.15, 0.2) is 11.8 Å². The van der Waals surface area contributed by atoms with Crippen LogP contribution in [0.5, 0.6) is 5.75 Å². The van der Waals surface area contributed by atoms with Gasteiger partial charge >= 0.3 is 0 Å². The van der Waals surface area contributed by atoms with E-state index in [9.17, 15) is 18.9 Å². The minimum absolute atomic E-state index is 0.260. The number of rotatable bonds is 15. The molecule has 332 valence electrons. The van der Waals surface area contributed by atoms with E-state index >= 15 is 0 Å². The van der Waals surface area contributed by atoms with Crippen LogP contribution in [0.3, 0.4) is 0 Å². The molecule has 4 N–H and O–H groups in total. The number of carbonyl (C=O) groups is 2. The number of piperazine rings is 1. The van der Waals surface area contributed by atoms with E-state index in [-0.39, 0.29) is 18.2 Å². The number of halogens is 1. The maximum atomic E-state index is 12.9. The molecule has 4 aliphatic heterocycles. The fourth-order valence-corrected chi connectivity index (χ4v) is 10.5. The molecule has 3 fully saturated rings. The molecule has 1 aromatic heterocycles. The van der Waals surface area contributed by atoms with Gasteiger partial charge in [0.2, 0.25) is 17.8 Å². The normalized spacial score (nSPS) is 18.8. The number of piperidine rings is 2. The molecule has 0 aliphatic carbocycles. The topological polar surface area (TPSA) is 164 Å². The summed E-state index contributed by atoms with van der Waals surface area (Å²) < 4.78 is 18.7. The smallest absolute Gasteiger partial charge is 0.249 e. The Labute approximate surface area is 374 Å². The van der Waals surface area contributed by atoms with Gasteiger partial charge < -0.3 is 40.0 Å². The first-order chi connectivity index (χ1) is 30.5. The molecule has 4 aromatic rings. The second-order valence-corrected chi connectivity index (χ2v) is 20.6. The highest BCUT2D eigenvalue weighted by atomic mass is 35.5. The number of nitrogens with zero attached hydrogens (tertiary/aromatic N) is 6. The van der Waals surface area contributed by atoms with E-state index in [1.54, 1.807) is 25.3 Å². The van der Waals surface area contributed by atoms with Crippen molar-refractivity contribution in [1.29, 1.82) is 0 Å². The minimum atomic E-state index is -2.55. The summed E-state index contributed by atoms with van der Waals surface area (Å²) in [5.74, 6) is 2.88. The van der Waals surface area contributed by atoms with Crippen molar-refractivity contribution in [2.24, 2.45) is 0 Å². The number of imide groups is 1. The summed E-state index contributed by atoms with van der Waals surface area (Å²) in [5.41, 5.74) is 5.69. The molecule has 3 aromatic carbocycles. The number of unbranched alkanes of at least 4 members (excludes halogenated alkanes) is 1. The third-order valence-corrected chi connectivity index (χ3v) is 14.4. The first-order valence-corrected chi connectivity index (χ1v) is 24.8. The summed E-state index contributed by atoms with van der Waals surface area (Å²) in [6.45, 7) is 12.0. The number of para-hydroxylation sites is 1. The van der Waals surface area contributed by atoms with Crippen LogP contribution >= 0.6 is 18.7 Å². The average molecular weight is 895 g/mol. The van der Waals surface area contributed by atoms with E-state index in [1.165, 1.54) is 6.20 Å². The summed E-state index contributed by atoms with van der Waals surface area (Å²) >= 11 is 6.49. The standard InChI is InChI=1S/C46H56ClN10O5P/c1-62-41-27-32(13-14-37(41)51-46-49-28-35(47)44(53-46)50-38-10-4-5-12-42(38)63(2,3)61)55-21-17-31(18-22-55)56-25-23-54(24-26-56)20-7-6-19-48-36-11-8-9-33-34(36)29-57(40(33)30-58)39-15-16-43(59)52-45(39)60/h4-5,8-14,27-28,31,39,48H,6-7,15-26,29H2,1-3H3,(H,52,59,60)(H2,49,50,51,53). The average Bonchev–Trinajstić information content (AvgIpc) is 3.66. The van der Waals surface area contributed by atoms with Gasteiger partial charge in [0.25, 0.3) is 0 Å². The Morgan fingerprint density at radius 3 is 2.44 bits per heavy atom. The van der Waals surface area contributed by atoms with Crippen molar-refractivity contribution in [3.05, 3.63) is 83.0 Å². The van der Waals surface area contributed by atoms with E-state index in [0.29, 0.717) is 52.9 Å². The summed E-state index contributed by atoms with van der Waals surface area (Å²) in [7, 11) is -0.885. The fraction of sp³-hybridized carbons (Fsp3) is 0.435. The van der Waals surface area contributed by atoms with Crippen LogP contribution in [0.4, 0.5) is 34.5 Å². The molecular formula is C46H56ClN10O5P. The Balaban J connectivity index is 0.768. The van der Waals surface area contributed by atoms with E-state index < -0.39 is 13.2 Å². The monoisotopic (exact) mass is 894 g/mol. The van der Waals surface area contributed by atoms with Crippen molar-refractivity contribution in [3.8, 4) is 5.75 Å². The number of aromatic nitrogens is 2. The van der Waals surface area contributed by atoms with Crippen molar-refractivity contribution in [3.63, 3.8) is 0 Å². The molecule has 5 heterocycles. The Morgan fingerprint density at radius 1 is 0.921 bits per heavy atom. The van der Waals surface area contributed by atoms with Crippen molar-refractivity contribution < 1.29 is 23.7 Å². The molecule has 2 amide bonds. The van der Waals surface area contributed by atoms with Crippen molar-refractivity contribution in [2.45, 2.75) is 57.2 Å². The predicted octanol–water partition coefficient (Wildman–Crippen LogP) is 6.15. The number of fused-ring (bicyclic) bond motifs is 1. The van der Waals surface area contributed by atoms with E-state index in [2.05, 4.69) is 64.0 Å². The summed E-state index contributed by atoms with van der Waals surface area (Å²) in [6.07, 6.45) is 6.50. The van der Waals surface area contributed by atoms with E-state index in [1.807, 2.05) is 48.5 Å². The highest BCUT2D eigenvalue weighted by Gasteiger charge is 2.38. The van der Waals surface area contributed by atoms with E-state index in [0.717, 1.165) is 112 Å². The van der Waals surface area contributed by atoms with Gasteiger partial charge in [-0.1, -0.05) is 35.9 Å².